The van der Waals surface area contributed by atoms with Gasteiger partial charge < -0.3 is 14.8 Å². The van der Waals surface area contributed by atoms with Gasteiger partial charge in [0, 0.05) is 23.6 Å². The van der Waals surface area contributed by atoms with E-state index in [0.29, 0.717) is 16.8 Å². The summed E-state index contributed by atoms with van der Waals surface area (Å²) in [7, 11) is 1.13. The van der Waals surface area contributed by atoms with Crippen molar-refractivity contribution >= 4 is 16.9 Å². The van der Waals surface area contributed by atoms with Crippen LogP contribution in [0.4, 0.5) is 13.2 Å². The number of nitrogens with one attached hydrogen (secondary N) is 1. The lowest BCUT2D eigenvalue weighted by atomic mass is 10.00. The molecular weight excluding hydrogens is 335 g/mol. The molecule has 0 aliphatic heterocycles. The Kier molecular flexibility index (Phi) is 4.50. The largest absolute Gasteiger partial charge is 0.467 e. The Labute approximate surface area is 140 Å². The molecule has 3 aromatic rings. The number of hydrogen-bond donors (Lipinski definition) is 2. The summed E-state index contributed by atoms with van der Waals surface area (Å²) in [6, 6.07) is 7.20. The number of rotatable bonds is 4. The lowest BCUT2D eigenvalue weighted by Gasteiger charge is -2.10. The van der Waals surface area contributed by atoms with Crippen molar-refractivity contribution in [2.24, 2.45) is 0 Å². The monoisotopic (exact) mass is 349 g/mol. The molecule has 1 heterocycles. The maximum Gasteiger partial charge on any atom is 0.335 e. The van der Waals surface area contributed by atoms with Gasteiger partial charge in [0.2, 0.25) is 0 Å². The molecule has 0 saturated carbocycles. The van der Waals surface area contributed by atoms with Crippen molar-refractivity contribution in [3.05, 3.63) is 59.4 Å². The van der Waals surface area contributed by atoms with Gasteiger partial charge in [-0.05, 0) is 41.5 Å². The zero-order valence-corrected chi connectivity index (χ0v) is 13.1. The Bertz CT molecular complexity index is 935. The van der Waals surface area contributed by atoms with E-state index in [4.69, 9.17) is 0 Å². The van der Waals surface area contributed by atoms with Gasteiger partial charge in [0.15, 0.2) is 6.10 Å². The fourth-order valence-electron chi connectivity index (χ4n) is 2.76. The number of methoxy groups -OCH3 is 1. The van der Waals surface area contributed by atoms with Crippen LogP contribution in [0.25, 0.3) is 22.2 Å². The highest BCUT2D eigenvalue weighted by atomic mass is 19.1. The topological polar surface area (TPSA) is 62.3 Å². The lowest BCUT2D eigenvalue weighted by Crippen LogP contribution is -2.24. The predicted octanol–water partition coefficient (Wildman–Crippen LogP) is 3.33. The van der Waals surface area contributed by atoms with Gasteiger partial charge in [-0.3, -0.25) is 0 Å². The summed E-state index contributed by atoms with van der Waals surface area (Å²) >= 11 is 0. The average Bonchev–Trinajstić information content (AvgIpc) is 2.93. The fourth-order valence-corrected chi connectivity index (χ4v) is 2.76. The first-order valence-corrected chi connectivity index (χ1v) is 7.42. The minimum Gasteiger partial charge on any atom is -0.467 e. The van der Waals surface area contributed by atoms with Crippen molar-refractivity contribution in [1.29, 1.82) is 0 Å². The Morgan fingerprint density at radius 1 is 1.16 bits per heavy atom. The molecule has 0 saturated heterocycles. The second kappa shape index (κ2) is 6.60. The number of hydrogen-bond acceptors (Lipinski definition) is 3. The normalized spacial score (nSPS) is 12.4. The molecule has 0 bridgehead atoms. The number of esters is 1. The van der Waals surface area contributed by atoms with Crippen LogP contribution in [0.3, 0.4) is 0 Å². The molecular formula is C18H14F3NO3. The number of benzene rings is 2. The van der Waals surface area contributed by atoms with Crippen molar-refractivity contribution in [3.8, 4) is 11.3 Å². The van der Waals surface area contributed by atoms with Crippen LogP contribution in [0, 0.1) is 17.5 Å². The van der Waals surface area contributed by atoms with Crippen molar-refractivity contribution in [3.63, 3.8) is 0 Å². The molecule has 3 rings (SSSR count). The van der Waals surface area contributed by atoms with Crippen LogP contribution < -0.4 is 0 Å². The Morgan fingerprint density at radius 3 is 2.48 bits per heavy atom. The summed E-state index contributed by atoms with van der Waals surface area (Å²) in [4.78, 5) is 14.4. The number of aromatic amines is 1. The molecule has 1 atom stereocenters. The molecule has 0 aliphatic carbocycles. The molecule has 0 spiro atoms. The standard InChI is InChI=1S/C18H14F3NO3/c1-25-18(24)15(23)8-13-12-6-11(20)7-14(21)17(12)22-16(13)9-2-4-10(19)5-3-9/h2-7,15,22-23H,8H2,1H3. The molecule has 0 amide bonds. The van der Waals surface area contributed by atoms with Gasteiger partial charge in [-0.1, -0.05) is 0 Å². The maximum atomic E-state index is 14.1. The van der Waals surface area contributed by atoms with Gasteiger partial charge >= 0.3 is 5.97 Å². The third-order valence-electron chi connectivity index (χ3n) is 3.94. The minimum absolute atomic E-state index is 0.0350. The molecule has 7 heteroatoms. The lowest BCUT2D eigenvalue weighted by molar-refractivity contribution is -0.150. The summed E-state index contributed by atoms with van der Waals surface area (Å²) in [6.45, 7) is 0. The highest BCUT2D eigenvalue weighted by molar-refractivity contribution is 5.92. The van der Waals surface area contributed by atoms with E-state index in [9.17, 15) is 23.1 Å². The van der Waals surface area contributed by atoms with E-state index in [1.54, 1.807) is 0 Å². The van der Waals surface area contributed by atoms with E-state index >= 15 is 0 Å². The second-order valence-electron chi connectivity index (χ2n) is 5.54. The number of fused-ring (bicyclic) bond motifs is 1. The highest BCUT2D eigenvalue weighted by Crippen LogP contribution is 2.33. The Morgan fingerprint density at radius 2 is 1.84 bits per heavy atom. The molecule has 2 N–H and O–H groups in total. The average molecular weight is 349 g/mol. The quantitative estimate of drug-likeness (QED) is 0.710. The molecule has 25 heavy (non-hydrogen) atoms. The van der Waals surface area contributed by atoms with E-state index in [-0.39, 0.29) is 17.3 Å². The molecule has 0 radical (unpaired) electrons. The van der Waals surface area contributed by atoms with Gasteiger partial charge in [-0.15, -0.1) is 0 Å². The maximum absolute atomic E-state index is 14.1. The number of H-pyrrole nitrogens is 1. The van der Waals surface area contributed by atoms with E-state index in [1.165, 1.54) is 24.3 Å². The third-order valence-corrected chi connectivity index (χ3v) is 3.94. The molecule has 1 unspecified atom stereocenters. The first-order chi connectivity index (χ1) is 11.9. The summed E-state index contributed by atoms with van der Waals surface area (Å²) in [5.41, 5.74) is 1.23. The first kappa shape index (κ1) is 17.0. The second-order valence-corrected chi connectivity index (χ2v) is 5.54. The van der Waals surface area contributed by atoms with E-state index < -0.39 is 29.5 Å². The zero-order valence-electron chi connectivity index (χ0n) is 13.1. The highest BCUT2D eigenvalue weighted by Gasteiger charge is 2.23. The van der Waals surface area contributed by atoms with Crippen LogP contribution in [-0.4, -0.2) is 29.3 Å². The van der Waals surface area contributed by atoms with Gasteiger partial charge in [0.05, 0.1) is 12.6 Å². The first-order valence-electron chi connectivity index (χ1n) is 7.42. The van der Waals surface area contributed by atoms with Crippen LogP contribution in [0.5, 0.6) is 0 Å². The van der Waals surface area contributed by atoms with E-state index in [2.05, 4.69) is 9.72 Å². The summed E-state index contributed by atoms with van der Waals surface area (Å²) < 4.78 is 45.4. The number of ether oxygens (including phenoxy) is 1. The number of carbonyl (C=O) groups is 1. The van der Waals surface area contributed by atoms with Gasteiger partial charge in [0.25, 0.3) is 0 Å². The van der Waals surface area contributed by atoms with E-state index in [1.807, 2.05) is 0 Å². The molecule has 130 valence electrons. The SMILES string of the molecule is COC(=O)C(O)Cc1c(-c2ccc(F)cc2)[nH]c2c(F)cc(F)cc12. The van der Waals surface area contributed by atoms with Crippen molar-refractivity contribution in [2.45, 2.75) is 12.5 Å². The van der Waals surface area contributed by atoms with Crippen molar-refractivity contribution in [1.82, 2.24) is 4.98 Å². The predicted molar refractivity (Wildman–Crippen MR) is 85.3 cm³/mol. The Balaban J connectivity index is 2.20. The number of halogens is 3. The molecule has 1 aromatic heterocycles. The minimum atomic E-state index is -1.51. The third kappa shape index (κ3) is 3.23. The smallest absolute Gasteiger partial charge is 0.335 e. The van der Waals surface area contributed by atoms with Gasteiger partial charge in [-0.2, -0.15) is 0 Å². The van der Waals surface area contributed by atoms with Crippen LogP contribution in [0.2, 0.25) is 0 Å². The molecule has 0 fully saturated rings. The fraction of sp³-hybridized carbons (Fsp3) is 0.167. The van der Waals surface area contributed by atoms with Crippen LogP contribution >= 0.6 is 0 Å². The van der Waals surface area contributed by atoms with Crippen molar-refractivity contribution in [2.75, 3.05) is 7.11 Å². The Hall–Kier alpha value is -2.80. The molecule has 2 aromatic carbocycles. The number of aliphatic hydroxyl groups is 1. The number of aliphatic hydroxyl groups excluding tert-OH is 1. The van der Waals surface area contributed by atoms with Crippen LogP contribution in [0.15, 0.2) is 36.4 Å². The molecule has 4 nitrogen and oxygen atoms in total. The summed E-state index contributed by atoms with van der Waals surface area (Å²) in [5, 5.41) is 10.2. The summed E-state index contributed by atoms with van der Waals surface area (Å²) in [6.07, 6.45) is -1.73. The van der Waals surface area contributed by atoms with E-state index in [0.717, 1.165) is 19.2 Å². The molecule has 0 aliphatic rings. The van der Waals surface area contributed by atoms with Gasteiger partial charge in [-0.25, -0.2) is 18.0 Å². The van der Waals surface area contributed by atoms with Crippen LogP contribution in [0.1, 0.15) is 5.56 Å². The number of aromatic nitrogens is 1. The zero-order chi connectivity index (χ0) is 18.1. The summed E-state index contributed by atoms with van der Waals surface area (Å²) in [5.74, 6) is -2.91. The van der Waals surface area contributed by atoms with Gasteiger partial charge in [0.1, 0.15) is 17.5 Å². The van der Waals surface area contributed by atoms with Crippen molar-refractivity contribution < 1.29 is 27.8 Å². The number of carbonyl (C=O) groups excluding carboxylic acids is 1. The van der Waals surface area contributed by atoms with Crippen LogP contribution in [-0.2, 0) is 16.0 Å².